The Balaban J connectivity index is 1.89. The maximum atomic E-state index is 13.4. The van der Waals surface area contributed by atoms with Crippen LogP contribution in [-0.4, -0.2) is 11.0 Å². The van der Waals surface area contributed by atoms with Crippen LogP contribution in [-0.2, 0) is 0 Å². The van der Waals surface area contributed by atoms with Gasteiger partial charge in [0, 0.05) is 10.9 Å². The molecule has 1 aromatic heterocycles. The Morgan fingerprint density at radius 1 is 0.833 bits per heavy atom. The lowest BCUT2D eigenvalue weighted by atomic mass is 10.00. The molecule has 4 heteroatoms. The van der Waals surface area contributed by atoms with Gasteiger partial charge < -0.3 is 4.74 Å². The zero-order valence-corrected chi connectivity index (χ0v) is 17.4. The second-order valence-electron chi connectivity index (χ2n) is 7.70. The van der Waals surface area contributed by atoms with E-state index in [4.69, 9.17) is 9.72 Å². The van der Waals surface area contributed by atoms with E-state index in [1.165, 1.54) is 12.1 Å². The summed E-state index contributed by atoms with van der Waals surface area (Å²) in [5.74, 6) is -0.219. The quantitative estimate of drug-likeness (QED) is 0.292. The van der Waals surface area contributed by atoms with Crippen molar-refractivity contribution >= 4 is 16.9 Å². The predicted octanol–water partition coefficient (Wildman–Crippen LogP) is 6.49. The fourth-order valence-corrected chi connectivity index (χ4v) is 3.59. The molecular weight excluding hydrogens is 377 g/mol. The summed E-state index contributed by atoms with van der Waals surface area (Å²) in [4.78, 5) is 18.0. The van der Waals surface area contributed by atoms with Crippen LogP contribution in [0.15, 0.2) is 60.7 Å². The average molecular weight is 399 g/mol. The van der Waals surface area contributed by atoms with E-state index in [9.17, 15) is 9.18 Å². The first-order valence-electron chi connectivity index (χ1n) is 9.79. The van der Waals surface area contributed by atoms with E-state index in [0.717, 1.165) is 38.7 Å². The minimum atomic E-state index is -0.440. The zero-order chi connectivity index (χ0) is 21.4. The molecule has 0 saturated heterocycles. The molecule has 0 aliphatic rings. The summed E-state index contributed by atoms with van der Waals surface area (Å²) in [6, 6.07) is 17.6. The molecule has 0 atom stereocenters. The molecule has 3 nitrogen and oxygen atoms in total. The van der Waals surface area contributed by atoms with Gasteiger partial charge in [-0.1, -0.05) is 23.8 Å². The lowest BCUT2D eigenvalue weighted by Crippen LogP contribution is -2.11. The van der Waals surface area contributed by atoms with Gasteiger partial charge in [-0.25, -0.2) is 14.2 Å². The summed E-state index contributed by atoms with van der Waals surface area (Å²) in [7, 11) is 0. The molecule has 0 aliphatic heterocycles. The lowest BCUT2D eigenvalue weighted by Gasteiger charge is -2.13. The number of carbonyl (C=O) groups excluding carboxylic acids is 1. The summed E-state index contributed by atoms with van der Waals surface area (Å²) >= 11 is 0. The standard InChI is InChI=1S/C26H22FNO2/c1-15-5-6-17(3)24(13-15)30-26(29)22-14-23(19-7-9-20(27)10-8-19)28-25-18(4)11-16(2)12-21(22)25/h5-14H,1-4H3. The van der Waals surface area contributed by atoms with E-state index >= 15 is 0 Å². The van der Waals surface area contributed by atoms with Crippen molar-refractivity contribution in [3.05, 3.63) is 94.3 Å². The number of halogens is 1. The molecule has 4 aromatic rings. The number of pyridine rings is 1. The van der Waals surface area contributed by atoms with Crippen LogP contribution < -0.4 is 4.74 Å². The van der Waals surface area contributed by atoms with Crippen LogP contribution in [0.2, 0.25) is 0 Å². The van der Waals surface area contributed by atoms with E-state index in [0.29, 0.717) is 17.0 Å². The van der Waals surface area contributed by atoms with Crippen LogP contribution in [0.25, 0.3) is 22.2 Å². The molecule has 30 heavy (non-hydrogen) atoms. The van der Waals surface area contributed by atoms with E-state index < -0.39 is 5.97 Å². The highest BCUT2D eigenvalue weighted by molar-refractivity contribution is 6.06. The van der Waals surface area contributed by atoms with Crippen LogP contribution in [0, 0.1) is 33.5 Å². The number of benzene rings is 3. The van der Waals surface area contributed by atoms with Crippen molar-refractivity contribution in [2.75, 3.05) is 0 Å². The predicted molar refractivity (Wildman–Crippen MR) is 117 cm³/mol. The number of hydrogen-bond acceptors (Lipinski definition) is 3. The highest BCUT2D eigenvalue weighted by atomic mass is 19.1. The number of ether oxygens (including phenoxy) is 1. The van der Waals surface area contributed by atoms with Crippen molar-refractivity contribution in [3.63, 3.8) is 0 Å². The molecule has 1 heterocycles. The smallest absolute Gasteiger partial charge is 0.344 e. The van der Waals surface area contributed by atoms with Gasteiger partial charge in [0.15, 0.2) is 0 Å². The van der Waals surface area contributed by atoms with E-state index in [1.54, 1.807) is 18.2 Å². The number of aryl methyl sites for hydroxylation is 4. The van der Waals surface area contributed by atoms with Crippen molar-refractivity contribution in [1.82, 2.24) is 4.98 Å². The van der Waals surface area contributed by atoms with Gasteiger partial charge in [0.25, 0.3) is 0 Å². The summed E-state index contributed by atoms with van der Waals surface area (Å²) in [5.41, 5.74) is 6.41. The lowest BCUT2D eigenvalue weighted by molar-refractivity contribution is 0.0735. The number of rotatable bonds is 3. The van der Waals surface area contributed by atoms with Crippen LogP contribution in [0.5, 0.6) is 5.75 Å². The molecule has 3 aromatic carbocycles. The van der Waals surface area contributed by atoms with Crippen molar-refractivity contribution in [3.8, 4) is 17.0 Å². The third-order valence-electron chi connectivity index (χ3n) is 5.15. The van der Waals surface area contributed by atoms with Gasteiger partial charge in [0.2, 0.25) is 0 Å². The maximum Gasteiger partial charge on any atom is 0.344 e. The summed E-state index contributed by atoms with van der Waals surface area (Å²) < 4.78 is 19.2. The highest BCUT2D eigenvalue weighted by Gasteiger charge is 2.18. The molecule has 0 bridgehead atoms. The first-order chi connectivity index (χ1) is 14.3. The molecule has 0 amide bonds. The second-order valence-corrected chi connectivity index (χ2v) is 7.70. The average Bonchev–Trinajstić information content (AvgIpc) is 2.70. The minimum Gasteiger partial charge on any atom is -0.423 e. The maximum absolute atomic E-state index is 13.4. The van der Waals surface area contributed by atoms with Gasteiger partial charge in [0.05, 0.1) is 16.8 Å². The second kappa shape index (κ2) is 7.71. The van der Waals surface area contributed by atoms with Crippen molar-refractivity contribution < 1.29 is 13.9 Å². The van der Waals surface area contributed by atoms with Crippen LogP contribution in [0.1, 0.15) is 32.6 Å². The SMILES string of the molecule is Cc1ccc(C)c(OC(=O)c2cc(-c3ccc(F)cc3)nc3c(C)cc(C)cc23)c1. The van der Waals surface area contributed by atoms with Crippen molar-refractivity contribution in [1.29, 1.82) is 0 Å². The molecule has 0 N–H and O–H groups in total. The molecular formula is C26H22FNO2. The minimum absolute atomic E-state index is 0.319. The fourth-order valence-electron chi connectivity index (χ4n) is 3.59. The monoisotopic (exact) mass is 399 g/mol. The number of esters is 1. The third-order valence-corrected chi connectivity index (χ3v) is 5.15. The first kappa shape index (κ1) is 19.8. The Labute approximate surface area is 175 Å². The summed E-state index contributed by atoms with van der Waals surface area (Å²) in [6.07, 6.45) is 0. The van der Waals surface area contributed by atoms with E-state index in [1.807, 2.05) is 58.0 Å². The summed E-state index contributed by atoms with van der Waals surface area (Å²) in [6.45, 7) is 7.82. The van der Waals surface area contributed by atoms with Crippen LogP contribution in [0.4, 0.5) is 4.39 Å². The Bertz CT molecular complexity index is 1280. The van der Waals surface area contributed by atoms with E-state index in [-0.39, 0.29) is 5.82 Å². The first-order valence-corrected chi connectivity index (χ1v) is 9.79. The van der Waals surface area contributed by atoms with Gasteiger partial charge in [-0.05, 0) is 86.8 Å². The highest BCUT2D eigenvalue weighted by Crippen LogP contribution is 2.29. The number of fused-ring (bicyclic) bond motifs is 1. The molecule has 0 fully saturated rings. The summed E-state index contributed by atoms with van der Waals surface area (Å²) in [5, 5.41) is 0.744. The topological polar surface area (TPSA) is 39.2 Å². The molecule has 0 unspecified atom stereocenters. The van der Waals surface area contributed by atoms with Gasteiger partial charge in [-0.15, -0.1) is 0 Å². The van der Waals surface area contributed by atoms with Crippen molar-refractivity contribution in [2.24, 2.45) is 0 Å². The van der Waals surface area contributed by atoms with Gasteiger partial charge in [-0.3, -0.25) is 0 Å². The fraction of sp³-hybridized carbons (Fsp3) is 0.154. The normalized spacial score (nSPS) is 11.0. The Kier molecular flexibility index (Phi) is 5.08. The largest absolute Gasteiger partial charge is 0.423 e. The van der Waals surface area contributed by atoms with Gasteiger partial charge in [-0.2, -0.15) is 0 Å². The molecule has 150 valence electrons. The number of nitrogens with zero attached hydrogens (tertiary/aromatic N) is 1. The molecule has 4 rings (SSSR count). The third kappa shape index (κ3) is 3.81. The Morgan fingerprint density at radius 3 is 2.30 bits per heavy atom. The number of carbonyl (C=O) groups is 1. The van der Waals surface area contributed by atoms with Gasteiger partial charge in [0.1, 0.15) is 11.6 Å². The number of aromatic nitrogens is 1. The van der Waals surface area contributed by atoms with Crippen LogP contribution >= 0.6 is 0 Å². The number of hydrogen-bond donors (Lipinski definition) is 0. The molecule has 0 radical (unpaired) electrons. The molecule has 0 spiro atoms. The molecule has 0 saturated carbocycles. The Hall–Kier alpha value is -3.53. The van der Waals surface area contributed by atoms with Gasteiger partial charge >= 0.3 is 5.97 Å². The zero-order valence-electron chi connectivity index (χ0n) is 17.4. The van der Waals surface area contributed by atoms with Crippen molar-refractivity contribution in [2.45, 2.75) is 27.7 Å². The van der Waals surface area contributed by atoms with Crippen LogP contribution in [0.3, 0.4) is 0 Å². The van der Waals surface area contributed by atoms with E-state index in [2.05, 4.69) is 0 Å². The molecule has 0 aliphatic carbocycles. The Morgan fingerprint density at radius 2 is 1.57 bits per heavy atom.